The van der Waals surface area contributed by atoms with Crippen LogP contribution in [-0.4, -0.2) is 72.3 Å². The molecule has 1 aliphatic heterocycles. The number of piperazine rings is 1. The van der Waals surface area contributed by atoms with Crippen LogP contribution < -0.4 is 10.6 Å². The monoisotopic (exact) mass is 420 g/mol. The van der Waals surface area contributed by atoms with E-state index in [1.165, 1.54) is 24.3 Å². The summed E-state index contributed by atoms with van der Waals surface area (Å²) in [7, 11) is 0. The quantitative estimate of drug-likeness (QED) is 0.670. The molecule has 1 fully saturated rings. The summed E-state index contributed by atoms with van der Waals surface area (Å²) in [5, 5.41) is 5.74. The Morgan fingerprint density at radius 1 is 1.00 bits per heavy atom. The number of benzene rings is 1. The number of rotatable bonds is 8. The van der Waals surface area contributed by atoms with Crippen molar-refractivity contribution in [3.8, 4) is 0 Å². The van der Waals surface area contributed by atoms with Gasteiger partial charge in [-0.25, -0.2) is 4.39 Å². The molecule has 0 saturated carbocycles. The molecule has 2 N–H and O–H groups in total. The van der Waals surface area contributed by atoms with Crippen molar-refractivity contribution in [3.63, 3.8) is 0 Å². The molecule has 2 unspecified atom stereocenters. The van der Waals surface area contributed by atoms with Crippen molar-refractivity contribution in [1.29, 1.82) is 0 Å². The topological polar surface area (TPSA) is 81.8 Å². The summed E-state index contributed by atoms with van der Waals surface area (Å²) in [4.78, 5) is 41.3. The third kappa shape index (κ3) is 6.79. The molecule has 2 atom stereocenters. The van der Waals surface area contributed by atoms with E-state index in [4.69, 9.17) is 0 Å². The summed E-state index contributed by atoms with van der Waals surface area (Å²) in [6, 6.07) is 4.72. The standard InChI is InChI=1S/C22H33FN4O3/c1-5-16(4)24-19(28)14-26-10-12-27(13-11-26)22(30)20(15(2)3)25-21(29)17-6-8-18(23)9-7-17/h6-9,15-16,20H,5,10-14H2,1-4H3,(H,24,28)(H,25,29). The van der Waals surface area contributed by atoms with Crippen LogP contribution in [0.2, 0.25) is 0 Å². The van der Waals surface area contributed by atoms with Gasteiger partial charge < -0.3 is 15.5 Å². The minimum Gasteiger partial charge on any atom is -0.353 e. The molecule has 1 saturated heterocycles. The summed E-state index contributed by atoms with van der Waals surface area (Å²) < 4.78 is 13.1. The molecule has 8 heteroatoms. The Labute approximate surface area is 178 Å². The van der Waals surface area contributed by atoms with Gasteiger partial charge in [-0.1, -0.05) is 20.8 Å². The predicted octanol–water partition coefficient (Wildman–Crippen LogP) is 1.64. The van der Waals surface area contributed by atoms with E-state index in [0.717, 1.165) is 6.42 Å². The molecule has 30 heavy (non-hydrogen) atoms. The zero-order valence-electron chi connectivity index (χ0n) is 18.3. The lowest BCUT2D eigenvalue weighted by Gasteiger charge is -2.37. The third-order valence-corrected chi connectivity index (χ3v) is 5.40. The van der Waals surface area contributed by atoms with Crippen LogP contribution >= 0.6 is 0 Å². The molecule has 0 spiro atoms. The van der Waals surface area contributed by atoms with Crippen molar-refractivity contribution in [2.24, 2.45) is 5.92 Å². The summed E-state index contributed by atoms with van der Waals surface area (Å²) in [6.07, 6.45) is 0.883. The fourth-order valence-corrected chi connectivity index (χ4v) is 3.29. The zero-order chi connectivity index (χ0) is 22.3. The van der Waals surface area contributed by atoms with Crippen LogP contribution in [0.3, 0.4) is 0 Å². The van der Waals surface area contributed by atoms with E-state index in [0.29, 0.717) is 38.3 Å². The number of nitrogens with zero attached hydrogens (tertiary/aromatic N) is 2. The number of halogens is 1. The first-order valence-corrected chi connectivity index (χ1v) is 10.6. The van der Waals surface area contributed by atoms with E-state index in [-0.39, 0.29) is 23.8 Å². The van der Waals surface area contributed by atoms with Crippen molar-refractivity contribution in [2.45, 2.75) is 46.2 Å². The average molecular weight is 421 g/mol. The third-order valence-electron chi connectivity index (χ3n) is 5.40. The number of carbonyl (C=O) groups excluding carboxylic acids is 3. The Morgan fingerprint density at radius 3 is 2.13 bits per heavy atom. The highest BCUT2D eigenvalue weighted by Gasteiger charge is 2.31. The summed E-state index contributed by atoms with van der Waals surface area (Å²) in [5.74, 6) is -1.05. The highest BCUT2D eigenvalue weighted by atomic mass is 19.1. The van der Waals surface area contributed by atoms with E-state index in [9.17, 15) is 18.8 Å². The maximum atomic E-state index is 13.1. The highest BCUT2D eigenvalue weighted by Crippen LogP contribution is 2.11. The molecule has 2 rings (SSSR count). The SMILES string of the molecule is CCC(C)NC(=O)CN1CCN(C(=O)C(NC(=O)c2ccc(F)cc2)C(C)C)CC1. The first-order chi connectivity index (χ1) is 14.2. The van der Waals surface area contributed by atoms with Gasteiger partial charge in [0, 0.05) is 37.8 Å². The molecule has 166 valence electrons. The number of amides is 3. The van der Waals surface area contributed by atoms with Crippen molar-refractivity contribution in [2.75, 3.05) is 32.7 Å². The molecule has 0 radical (unpaired) electrons. The van der Waals surface area contributed by atoms with Gasteiger partial charge in [0.25, 0.3) is 5.91 Å². The van der Waals surface area contributed by atoms with Crippen LogP contribution in [0.4, 0.5) is 4.39 Å². The summed E-state index contributed by atoms with van der Waals surface area (Å²) in [5.41, 5.74) is 0.312. The number of hydrogen-bond acceptors (Lipinski definition) is 4. The lowest BCUT2D eigenvalue weighted by Crippen LogP contribution is -2.57. The van der Waals surface area contributed by atoms with Gasteiger partial charge in [0.1, 0.15) is 11.9 Å². The Kier molecular flexibility index (Phi) is 8.77. The Bertz CT molecular complexity index is 730. The summed E-state index contributed by atoms with van der Waals surface area (Å²) in [6.45, 7) is 10.3. The van der Waals surface area contributed by atoms with E-state index >= 15 is 0 Å². The van der Waals surface area contributed by atoms with Crippen molar-refractivity contribution in [3.05, 3.63) is 35.6 Å². The van der Waals surface area contributed by atoms with Crippen molar-refractivity contribution in [1.82, 2.24) is 20.4 Å². The van der Waals surface area contributed by atoms with Gasteiger partial charge in [-0.15, -0.1) is 0 Å². The molecule has 0 aliphatic carbocycles. The second-order valence-electron chi connectivity index (χ2n) is 8.18. The number of nitrogens with one attached hydrogen (secondary N) is 2. The van der Waals surface area contributed by atoms with Gasteiger partial charge in [0.15, 0.2) is 0 Å². The van der Waals surface area contributed by atoms with Crippen LogP contribution in [-0.2, 0) is 9.59 Å². The highest BCUT2D eigenvalue weighted by molar-refractivity contribution is 5.97. The number of hydrogen-bond donors (Lipinski definition) is 2. The van der Waals surface area contributed by atoms with Gasteiger partial charge in [-0.3, -0.25) is 19.3 Å². The van der Waals surface area contributed by atoms with Gasteiger partial charge in [-0.2, -0.15) is 0 Å². The van der Waals surface area contributed by atoms with Crippen LogP contribution in [0.15, 0.2) is 24.3 Å². The Morgan fingerprint density at radius 2 is 1.60 bits per heavy atom. The lowest BCUT2D eigenvalue weighted by atomic mass is 10.0. The maximum Gasteiger partial charge on any atom is 0.251 e. The van der Waals surface area contributed by atoms with Gasteiger partial charge in [0.05, 0.1) is 6.54 Å². The molecule has 1 aromatic carbocycles. The fourth-order valence-electron chi connectivity index (χ4n) is 3.29. The van der Waals surface area contributed by atoms with Gasteiger partial charge in [0.2, 0.25) is 11.8 Å². The second kappa shape index (κ2) is 11.1. The molecule has 7 nitrogen and oxygen atoms in total. The maximum absolute atomic E-state index is 13.1. The van der Waals surface area contributed by atoms with Crippen LogP contribution in [0.25, 0.3) is 0 Å². The molecule has 1 heterocycles. The fraction of sp³-hybridized carbons (Fsp3) is 0.591. The molecular formula is C22H33FN4O3. The largest absolute Gasteiger partial charge is 0.353 e. The van der Waals surface area contributed by atoms with E-state index in [1.807, 2.05) is 32.6 Å². The predicted molar refractivity (Wildman–Crippen MR) is 113 cm³/mol. The first kappa shape index (κ1) is 23.8. The lowest BCUT2D eigenvalue weighted by molar-refractivity contribution is -0.136. The minimum atomic E-state index is -0.664. The minimum absolute atomic E-state index is 0.00394. The van der Waals surface area contributed by atoms with Gasteiger partial charge in [-0.05, 0) is 43.5 Å². The summed E-state index contributed by atoms with van der Waals surface area (Å²) >= 11 is 0. The number of carbonyl (C=O) groups is 3. The molecule has 1 aromatic rings. The molecule has 0 aromatic heterocycles. The molecule has 0 bridgehead atoms. The molecule has 1 aliphatic rings. The zero-order valence-corrected chi connectivity index (χ0v) is 18.3. The van der Waals surface area contributed by atoms with Crippen molar-refractivity contribution >= 4 is 17.7 Å². The average Bonchev–Trinajstić information content (AvgIpc) is 2.72. The normalized spacial score (nSPS) is 16.8. The van der Waals surface area contributed by atoms with Crippen LogP contribution in [0, 0.1) is 11.7 Å². The van der Waals surface area contributed by atoms with Crippen molar-refractivity contribution < 1.29 is 18.8 Å². The van der Waals surface area contributed by atoms with E-state index in [1.54, 1.807) is 4.90 Å². The van der Waals surface area contributed by atoms with Crippen LogP contribution in [0.1, 0.15) is 44.5 Å². The van der Waals surface area contributed by atoms with E-state index in [2.05, 4.69) is 10.6 Å². The first-order valence-electron chi connectivity index (χ1n) is 10.6. The van der Waals surface area contributed by atoms with E-state index < -0.39 is 17.8 Å². The molecule has 3 amide bonds. The Balaban J connectivity index is 1.90. The molecular weight excluding hydrogens is 387 g/mol. The smallest absolute Gasteiger partial charge is 0.251 e. The van der Waals surface area contributed by atoms with Gasteiger partial charge >= 0.3 is 0 Å². The second-order valence-corrected chi connectivity index (χ2v) is 8.18. The van der Waals surface area contributed by atoms with Crippen LogP contribution in [0.5, 0.6) is 0 Å². The Hall–Kier alpha value is -2.48.